The zero-order valence-electron chi connectivity index (χ0n) is 14.4. The van der Waals surface area contributed by atoms with Crippen LogP contribution in [0, 0.1) is 0 Å². The van der Waals surface area contributed by atoms with Crippen LogP contribution in [0.2, 0.25) is 0 Å². The predicted octanol–water partition coefficient (Wildman–Crippen LogP) is 6.43. The fourth-order valence-electron chi connectivity index (χ4n) is 2.41. The summed E-state index contributed by atoms with van der Waals surface area (Å²) in [6.07, 6.45) is 10.9. The van der Waals surface area contributed by atoms with Crippen molar-refractivity contribution < 1.29 is 4.79 Å². The summed E-state index contributed by atoms with van der Waals surface area (Å²) in [7, 11) is 5.28. The first kappa shape index (κ1) is 18.8. The molecule has 2 aromatic carbocycles. The second-order valence-corrected chi connectivity index (χ2v) is 12.1. The van der Waals surface area contributed by atoms with Gasteiger partial charge in [-0.2, -0.15) is 9.24 Å². The topological polar surface area (TPSA) is 17.1 Å². The molecular formula is C21H25ClOS. The summed E-state index contributed by atoms with van der Waals surface area (Å²) in [4.78, 5) is 12.2. The van der Waals surface area contributed by atoms with Crippen LogP contribution in [0.1, 0.15) is 40.7 Å². The number of halogens is 1. The Morgan fingerprint density at radius 3 is 2.08 bits per heavy atom. The Morgan fingerprint density at radius 1 is 0.917 bits per heavy atom. The number of ketones is 1. The average molecular weight is 361 g/mol. The molecule has 0 spiro atoms. The van der Waals surface area contributed by atoms with Gasteiger partial charge in [0.05, 0.1) is 0 Å². The summed E-state index contributed by atoms with van der Waals surface area (Å²) in [6, 6.07) is 18.0. The maximum absolute atomic E-state index is 12.2. The van der Waals surface area contributed by atoms with Gasteiger partial charge in [0.2, 0.25) is 0 Å². The number of hydrogen-bond acceptors (Lipinski definition) is 1. The Morgan fingerprint density at radius 2 is 1.50 bits per heavy atom. The van der Waals surface area contributed by atoms with E-state index in [4.69, 9.17) is 10.7 Å². The Bertz CT molecular complexity index is 669. The number of benzene rings is 2. The first-order valence-corrected chi connectivity index (χ1v) is 11.7. The summed E-state index contributed by atoms with van der Waals surface area (Å²) in [5.74, 6) is 1.24. The third-order valence-corrected chi connectivity index (χ3v) is 5.51. The fraction of sp³-hybridized carbons (Fsp3) is 0.286. The van der Waals surface area contributed by atoms with E-state index in [1.165, 1.54) is 5.56 Å². The molecule has 0 aromatic heterocycles. The van der Waals surface area contributed by atoms with Crippen molar-refractivity contribution in [2.75, 3.05) is 18.3 Å². The van der Waals surface area contributed by atoms with Gasteiger partial charge in [0.15, 0.2) is 5.78 Å². The molecular weight excluding hydrogens is 336 g/mol. The minimum absolute atomic E-state index is 0.218. The monoisotopic (exact) mass is 360 g/mol. The van der Waals surface area contributed by atoms with Gasteiger partial charge in [0.1, 0.15) is 0 Å². The Balaban J connectivity index is 1.85. The molecule has 0 aliphatic rings. The largest absolute Gasteiger partial charge is 0.294 e. The van der Waals surface area contributed by atoms with Crippen LogP contribution in [0.15, 0.2) is 54.6 Å². The molecule has 0 radical (unpaired) electrons. The van der Waals surface area contributed by atoms with Crippen LogP contribution in [-0.2, 0) is 0 Å². The van der Waals surface area contributed by atoms with E-state index in [1.54, 1.807) is 0 Å². The molecule has 0 aliphatic heterocycles. The van der Waals surface area contributed by atoms with E-state index in [0.717, 1.165) is 29.7 Å². The predicted molar refractivity (Wildman–Crippen MR) is 110 cm³/mol. The van der Waals surface area contributed by atoms with Gasteiger partial charge < -0.3 is 0 Å². The summed E-state index contributed by atoms with van der Waals surface area (Å²) < 4.78 is 0. The molecule has 0 aliphatic carbocycles. The molecule has 0 amide bonds. The van der Waals surface area contributed by atoms with Crippen LogP contribution in [-0.4, -0.2) is 24.0 Å². The van der Waals surface area contributed by atoms with Crippen molar-refractivity contribution in [3.63, 3.8) is 0 Å². The summed E-state index contributed by atoms with van der Waals surface area (Å²) in [6.45, 7) is 0. The molecule has 0 atom stereocenters. The Kier molecular flexibility index (Phi) is 7.14. The molecule has 0 fully saturated rings. The highest BCUT2D eigenvalue weighted by Gasteiger charge is 2.09. The molecule has 2 aromatic rings. The molecule has 0 N–H and O–H groups in total. The molecule has 24 heavy (non-hydrogen) atoms. The van der Waals surface area contributed by atoms with Gasteiger partial charge in [-0.05, 0) is 42.2 Å². The molecule has 0 saturated carbocycles. The van der Waals surface area contributed by atoms with Crippen molar-refractivity contribution in [3.8, 4) is 0 Å². The van der Waals surface area contributed by atoms with Gasteiger partial charge in [-0.1, -0.05) is 77.4 Å². The lowest BCUT2D eigenvalue weighted by atomic mass is 10.0. The number of Topliss-reactive ketones (excluding diaryl/α,β-unsaturated/α-hetero) is 1. The minimum Gasteiger partial charge on any atom is -0.294 e. The standard InChI is InChI=1S/C21H25ClOS/c1-24(2,22)17-7-6-10-21(23)20-15-13-19(14-16-20)12-11-18-8-4-3-5-9-18/h3-5,8-9,11-16H,6-7,10,17H2,1-2H3/b12-11+. The first-order chi connectivity index (χ1) is 11.4. The van der Waals surface area contributed by atoms with Crippen LogP contribution in [0.3, 0.4) is 0 Å². The van der Waals surface area contributed by atoms with Crippen molar-refractivity contribution in [2.24, 2.45) is 0 Å². The number of carbonyl (C=O) groups is 1. The van der Waals surface area contributed by atoms with Gasteiger partial charge in [-0.3, -0.25) is 4.79 Å². The lowest BCUT2D eigenvalue weighted by molar-refractivity contribution is 0.0980. The normalized spacial score (nSPS) is 12.5. The van der Waals surface area contributed by atoms with E-state index >= 15 is 0 Å². The van der Waals surface area contributed by atoms with Gasteiger partial charge in [0, 0.05) is 12.0 Å². The van der Waals surface area contributed by atoms with E-state index < -0.39 is 9.24 Å². The zero-order chi connectivity index (χ0) is 17.4. The van der Waals surface area contributed by atoms with Crippen LogP contribution >= 0.6 is 19.9 Å². The van der Waals surface area contributed by atoms with Crippen LogP contribution in [0.5, 0.6) is 0 Å². The van der Waals surface area contributed by atoms with E-state index in [9.17, 15) is 4.79 Å². The van der Waals surface area contributed by atoms with E-state index in [2.05, 4.69) is 36.8 Å². The lowest BCUT2D eigenvalue weighted by Gasteiger charge is -2.21. The lowest BCUT2D eigenvalue weighted by Crippen LogP contribution is -2.00. The minimum atomic E-state index is -0.968. The van der Waals surface area contributed by atoms with E-state index in [0.29, 0.717) is 6.42 Å². The van der Waals surface area contributed by atoms with Crippen LogP contribution in [0.25, 0.3) is 12.2 Å². The quantitative estimate of drug-likeness (QED) is 0.301. The molecule has 1 nitrogen and oxygen atoms in total. The van der Waals surface area contributed by atoms with Crippen molar-refractivity contribution in [1.29, 1.82) is 0 Å². The van der Waals surface area contributed by atoms with Crippen molar-refractivity contribution in [1.82, 2.24) is 0 Å². The second kappa shape index (κ2) is 9.10. The van der Waals surface area contributed by atoms with Gasteiger partial charge in [-0.25, -0.2) is 0 Å². The number of carbonyl (C=O) groups excluding carboxylic acids is 1. The zero-order valence-corrected chi connectivity index (χ0v) is 15.9. The molecule has 0 saturated heterocycles. The van der Waals surface area contributed by atoms with Crippen LogP contribution in [0.4, 0.5) is 0 Å². The number of hydrogen-bond donors (Lipinski definition) is 0. The average Bonchev–Trinajstić information content (AvgIpc) is 2.57. The van der Waals surface area contributed by atoms with Crippen LogP contribution < -0.4 is 0 Å². The summed E-state index contributed by atoms with van der Waals surface area (Å²) >= 11 is 0. The summed E-state index contributed by atoms with van der Waals surface area (Å²) in [5.41, 5.74) is 3.06. The molecule has 0 heterocycles. The highest BCUT2D eigenvalue weighted by atomic mass is 35.7. The molecule has 128 valence electrons. The number of rotatable bonds is 8. The fourth-order valence-corrected chi connectivity index (χ4v) is 3.63. The van der Waals surface area contributed by atoms with E-state index in [1.807, 2.05) is 42.5 Å². The smallest absolute Gasteiger partial charge is 0.162 e. The Labute approximate surface area is 151 Å². The molecule has 3 heteroatoms. The third kappa shape index (κ3) is 6.94. The molecule has 0 unspecified atom stereocenters. The maximum Gasteiger partial charge on any atom is 0.162 e. The number of unbranched alkanes of at least 4 members (excludes halogenated alkanes) is 1. The van der Waals surface area contributed by atoms with Crippen molar-refractivity contribution in [3.05, 3.63) is 71.3 Å². The maximum atomic E-state index is 12.2. The third-order valence-electron chi connectivity index (χ3n) is 3.78. The summed E-state index contributed by atoms with van der Waals surface area (Å²) in [5, 5.41) is 0. The SMILES string of the molecule is CS(C)(Cl)CCCCC(=O)c1ccc(/C=C/c2ccccc2)cc1. The molecule has 0 bridgehead atoms. The second-order valence-electron chi connectivity index (χ2n) is 6.35. The highest BCUT2D eigenvalue weighted by Crippen LogP contribution is 2.45. The van der Waals surface area contributed by atoms with Crippen molar-refractivity contribution >= 4 is 37.9 Å². The highest BCUT2D eigenvalue weighted by molar-refractivity contribution is 8.50. The van der Waals surface area contributed by atoms with Gasteiger partial charge >= 0.3 is 0 Å². The molecule has 2 rings (SSSR count). The van der Waals surface area contributed by atoms with E-state index in [-0.39, 0.29) is 5.78 Å². The first-order valence-electron chi connectivity index (χ1n) is 8.21. The van der Waals surface area contributed by atoms with Gasteiger partial charge in [0.25, 0.3) is 0 Å². The Hall–Kier alpha value is -1.51. The van der Waals surface area contributed by atoms with Crippen molar-refractivity contribution in [2.45, 2.75) is 19.3 Å². The van der Waals surface area contributed by atoms with Gasteiger partial charge in [-0.15, -0.1) is 0 Å².